The molecule has 0 bridgehead atoms. The number of halogens is 2. The molecule has 0 aliphatic heterocycles. The molecule has 1 unspecified atom stereocenters. The number of phenolic OH excluding ortho intramolecular Hbond substituents is 2. The van der Waals surface area contributed by atoms with Crippen LogP contribution in [0.5, 0.6) is 11.5 Å². The van der Waals surface area contributed by atoms with Crippen molar-refractivity contribution in [3.8, 4) is 11.5 Å². The van der Waals surface area contributed by atoms with Crippen molar-refractivity contribution in [1.29, 1.82) is 0 Å². The molecule has 0 heterocycles. The summed E-state index contributed by atoms with van der Waals surface area (Å²) in [6, 6.07) is 0.511. The summed E-state index contributed by atoms with van der Waals surface area (Å²) < 4.78 is 26.1. The quantitative estimate of drug-likeness (QED) is 0.561. The molecule has 1 atom stereocenters. The fourth-order valence-corrected chi connectivity index (χ4v) is 1.04. The molecule has 0 saturated heterocycles. The fraction of sp³-hybridized carbons (Fsp3) is 0.250. The summed E-state index contributed by atoms with van der Waals surface area (Å²) in [6.07, 6.45) is -1.60. The Bertz CT molecular complexity index is 331. The molecule has 5 N–H and O–H groups in total. The number of hydrogen-bond acceptors (Lipinski definition) is 4. The van der Waals surface area contributed by atoms with Crippen LogP contribution in [0.1, 0.15) is 11.7 Å². The smallest absolute Gasteiger partial charge is 0.173 e. The van der Waals surface area contributed by atoms with E-state index in [1.807, 2.05) is 0 Å². The molecule has 78 valence electrons. The summed E-state index contributed by atoms with van der Waals surface area (Å²) >= 11 is 0. The molecule has 0 radical (unpaired) electrons. The first-order valence-electron chi connectivity index (χ1n) is 3.77. The van der Waals surface area contributed by atoms with Gasteiger partial charge in [0, 0.05) is 12.6 Å². The minimum absolute atomic E-state index is 0.420. The van der Waals surface area contributed by atoms with Crippen molar-refractivity contribution in [2.75, 3.05) is 6.54 Å². The van der Waals surface area contributed by atoms with Crippen molar-refractivity contribution in [1.82, 2.24) is 0 Å². The van der Waals surface area contributed by atoms with E-state index in [-0.39, 0.29) is 0 Å². The molecule has 0 aliphatic carbocycles. The number of phenols is 2. The molecule has 0 aliphatic rings. The van der Waals surface area contributed by atoms with Crippen molar-refractivity contribution >= 4 is 0 Å². The molecule has 0 aromatic heterocycles. The average molecular weight is 205 g/mol. The lowest BCUT2D eigenvalue weighted by Crippen LogP contribution is -2.15. The van der Waals surface area contributed by atoms with Crippen LogP contribution < -0.4 is 5.73 Å². The number of aromatic hydroxyl groups is 2. The molecular weight excluding hydrogens is 196 g/mol. The van der Waals surface area contributed by atoms with E-state index in [9.17, 15) is 8.78 Å². The molecule has 4 nitrogen and oxygen atoms in total. The van der Waals surface area contributed by atoms with Crippen LogP contribution in [0.3, 0.4) is 0 Å². The molecule has 6 heteroatoms. The third kappa shape index (κ3) is 1.61. The zero-order valence-electron chi connectivity index (χ0n) is 7.04. The van der Waals surface area contributed by atoms with E-state index in [1.165, 1.54) is 0 Å². The largest absolute Gasteiger partial charge is 0.505 e. The van der Waals surface area contributed by atoms with E-state index in [0.717, 1.165) is 0 Å². The molecule has 0 amide bonds. The molecule has 1 aromatic carbocycles. The van der Waals surface area contributed by atoms with Gasteiger partial charge in [0.1, 0.15) is 0 Å². The molecule has 0 saturated carbocycles. The van der Waals surface area contributed by atoms with E-state index >= 15 is 0 Å². The molecule has 0 fully saturated rings. The summed E-state index contributed by atoms with van der Waals surface area (Å²) in [6.45, 7) is -0.420. The second-order valence-corrected chi connectivity index (χ2v) is 2.71. The van der Waals surface area contributed by atoms with E-state index in [2.05, 4.69) is 0 Å². The zero-order chi connectivity index (χ0) is 10.9. The van der Waals surface area contributed by atoms with Crippen molar-refractivity contribution in [3.63, 3.8) is 0 Å². The summed E-state index contributed by atoms with van der Waals surface area (Å²) in [5, 5.41) is 26.9. The highest BCUT2D eigenvalue weighted by molar-refractivity contribution is 5.41. The highest BCUT2D eigenvalue weighted by Gasteiger charge is 2.23. The van der Waals surface area contributed by atoms with Crippen LogP contribution in [0.2, 0.25) is 0 Å². The van der Waals surface area contributed by atoms with Gasteiger partial charge in [-0.25, -0.2) is 8.78 Å². The first-order chi connectivity index (χ1) is 6.49. The lowest BCUT2D eigenvalue weighted by Gasteiger charge is -2.12. The second kappa shape index (κ2) is 3.77. The van der Waals surface area contributed by atoms with Gasteiger partial charge >= 0.3 is 0 Å². The lowest BCUT2D eigenvalue weighted by molar-refractivity contribution is 0.173. The Balaban J connectivity index is 3.39. The zero-order valence-corrected chi connectivity index (χ0v) is 7.04. The van der Waals surface area contributed by atoms with Crippen LogP contribution in [0.25, 0.3) is 0 Å². The maximum Gasteiger partial charge on any atom is 0.173 e. The first-order valence-corrected chi connectivity index (χ1v) is 3.77. The molecule has 1 aromatic rings. The third-order valence-corrected chi connectivity index (χ3v) is 1.75. The van der Waals surface area contributed by atoms with Crippen molar-refractivity contribution in [3.05, 3.63) is 23.3 Å². The van der Waals surface area contributed by atoms with Crippen LogP contribution in [0, 0.1) is 11.6 Å². The Morgan fingerprint density at radius 1 is 1.21 bits per heavy atom. The molecule has 0 spiro atoms. The van der Waals surface area contributed by atoms with E-state index in [1.54, 1.807) is 0 Å². The summed E-state index contributed by atoms with van der Waals surface area (Å²) in [7, 11) is 0. The van der Waals surface area contributed by atoms with Crippen LogP contribution in [0.15, 0.2) is 6.07 Å². The maximum absolute atomic E-state index is 13.1. The van der Waals surface area contributed by atoms with Gasteiger partial charge in [0.2, 0.25) is 0 Å². The number of aliphatic hydroxyl groups is 1. The third-order valence-electron chi connectivity index (χ3n) is 1.75. The number of benzene rings is 1. The number of aliphatic hydroxyl groups excluding tert-OH is 1. The van der Waals surface area contributed by atoms with Gasteiger partial charge < -0.3 is 21.1 Å². The maximum atomic E-state index is 13.1. The van der Waals surface area contributed by atoms with Gasteiger partial charge in [-0.05, 0) is 0 Å². The standard InChI is InChI=1S/C8H9F2NO3/c9-7-3(12)1-4(13)8(10)6(7)5(14)2-11/h1,5,12-14H,2,11H2. The van der Waals surface area contributed by atoms with Crippen LogP contribution >= 0.6 is 0 Å². The van der Waals surface area contributed by atoms with Crippen molar-refractivity contribution in [2.45, 2.75) is 6.10 Å². The molecular formula is C8H9F2NO3. The highest BCUT2D eigenvalue weighted by atomic mass is 19.1. The normalized spacial score (nSPS) is 12.9. The summed E-state index contributed by atoms with van der Waals surface area (Å²) in [4.78, 5) is 0. The number of rotatable bonds is 2. The monoisotopic (exact) mass is 205 g/mol. The van der Waals surface area contributed by atoms with Gasteiger partial charge in [0.25, 0.3) is 0 Å². The van der Waals surface area contributed by atoms with Crippen molar-refractivity contribution in [2.24, 2.45) is 5.73 Å². The number of nitrogens with two attached hydrogens (primary N) is 1. The Morgan fingerprint density at radius 3 is 2.00 bits per heavy atom. The summed E-state index contributed by atoms with van der Waals surface area (Å²) in [5.74, 6) is -4.52. The van der Waals surface area contributed by atoms with Crippen molar-refractivity contribution < 1.29 is 24.1 Å². The van der Waals surface area contributed by atoms with Gasteiger partial charge in [-0.15, -0.1) is 0 Å². The molecule has 1 rings (SSSR count). The summed E-state index contributed by atoms with van der Waals surface area (Å²) in [5.41, 5.74) is 4.17. The average Bonchev–Trinajstić information content (AvgIpc) is 2.15. The van der Waals surface area contributed by atoms with E-state index in [0.29, 0.717) is 6.07 Å². The van der Waals surface area contributed by atoms with Gasteiger partial charge in [0.15, 0.2) is 23.1 Å². The van der Waals surface area contributed by atoms with Crippen LogP contribution in [-0.4, -0.2) is 21.9 Å². The lowest BCUT2D eigenvalue weighted by atomic mass is 10.1. The van der Waals surface area contributed by atoms with Gasteiger partial charge in [-0.3, -0.25) is 0 Å². The SMILES string of the molecule is NCC(O)c1c(F)c(O)cc(O)c1F. The highest BCUT2D eigenvalue weighted by Crippen LogP contribution is 2.32. The first kappa shape index (κ1) is 10.7. The second-order valence-electron chi connectivity index (χ2n) is 2.71. The fourth-order valence-electron chi connectivity index (χ4n) is 1.04. The molecule has 14 heavy (non-hydrogen) atoms. The Kier molecular flexibility index (Phi) is 2.87. The van der Waals surface area contributed by atoms with Gasteiger partial charge in [-0.2, -0.15) is 0 Å². The van der Waals surface area contributed by atoms with Gasteiger partial charge in [0.05, 0.1) is 11.7 Å². The predicted octanol–water partition coefficient (Wildman–Crippen LogP) is 0.368. The van der Waals surface area contributed by atoms with E-state index in [4.69, 9.17) is 21.1 Å². The Hall–Kier alpha value is -1.40. The topological polar surface area (TPSA) is 86.7 Å². The Morgan fingerprint density at radius 2 is 1.64 bits per heavy atom. The minimum atomic E-state index is -1.60. The minimum Gasteiger partial charge on any atom is -0.505 e. The van der Waals surface area contributed by atoms with E-state index < -0.39 is 41.3 Å². The predicted molar refractivity (Wildman–Crippen MR) is 43.7 cm³/mol. The van der Waals surface area contributed by atoms with Crippen LogP contribution in [0.4, 0.5) is 8.78 Å². The van der Waals surface area contributed by atoms with Gasteiger partial charge in [-0.1, -0.05) is 0 Å². The number of hydrogen-bond donors (Lipinski definition) is 4. The van der Waals surface area contributed by atoms with Crippen LogP contribution in [-0.2, 0) is 0 Å². The Labute approximate surface area is 78.2 Å².